The highest BCUT2D eigenvalue weighted by atomic mass is 79.9. The molecule has 0 bridgehead atoms. The molecule has 1 saturated heterocycles. The molecule has 1 aliphatic rings. The zero-order chi connectivity index (χ0) is 11.7. The lowest BCUT2D eigenvalue weighted by Gasteiger charge is -2.18. The number of halogens is 2. The number of nitrogens with zero attached hydrogens (tertiary/aromatic N) is 2. The van der Waals surface area contributed by atoms with E-state index in [0.717, 1.165) is 23.1 Å². The predicted molar refractivity (Wildman–Crippen MR) is 68.2 cm³/mol. The van der Waals surface area contributed by atoms with Crippen molar-refractivity contribution in [1.82, 2.24) is 4.98 Å². The molecule has 2 rings (SSSR count). The van der Waals surface area contributed by atoms with Crippen LogP contribution >= 0.6 is 27.5 Å². The van der Waals surface area contributed by atoms with Crippen molar-refractivity contribution in [3.8, 4) is 0 Å². The molecule has 0 N–H and O–H groups in total. The van der Waals surface area contributed by atoms with Crippen molar-refractivity contribution in [2.45, 2.75) is 13.3 Å². The summed E-state index contributed by atoms with van der Waals surface area (Å²) in [5, 5.41) is 1.32. The molecule has 0 aromatic carbocycles. The first kappa shape index (κ1) is 11.9. The van der Waals surface area contributed by atoms with E-state index in [1.807, 2.05) is 6.92 Å². The number of rotatable bonds is 2. The fraction of sp³-hybridized carbons (Fsp3) is 0.455. The van der Waals surface area contributed by atoms with Gasteiger partial charge in [0.1, 0.15) is 5.15 Å². The Morgan fingerprint density at radius 2 is 2.44 bits per heavy atom. The third kappa shape index (κ3) is 2.23. The molecule has 1 fully saturated rings. The minimum atomic E-state index is 0.164. The second kappa shape index (κ2) is 4.72. The van der Waals surface area contributed by atoms with E-state index in [1.54, 1.807) is 17.2 Å². The summed E-state index contributed by atoms with van der Waals surface area (Å²) >= 11 is 9.21. The van der Waals surface area contributed by atoms with Crippen molar-refractivity contribution in [2.75, 3.05) is 16.8 Å². The van der Waals surface area contributed by atoms with E-state index >= 15 is 0 Å². The van der Waals surface area contributed by atoms with Gasteiger partial charge in [-0.25, -0.2) is 4.98 Å². The van der Waals surface area contributed by atoms with Crippen molar-refractivity contribution in [3.63, 3.8) is 0 Å². The van der Waals surface area contributed by atoms with E-state index in [2.05, 4.69) is 20.9 Å². The van der Waals surface area contributed by atoms with Gasteiger partial charge in [0, 0.05) is 18.3 Å². The van der Waals surface area contributed by atoms with Crippen LogP contribution in [0.2, 0.25) is 5.15 Å². The Morgan fingerprint density at radius 1 is 1.69 bits per heavy atom. The molecule has 0 spiro atoms. The summed E-state index contributed by atoms with van der Waals surface area (Å²) in [6.45, 7) is 2.70. The third-order valence-electron chi connectivity index (χ3n) is 2.76. The molecule has 3 nitrogen and oxygen atoms in total. The van der Waals surface area contributed by atoms with Gasteiger partial charge >= 0.3 is 0 Å². The molecule has 0 radical (unpaired) electrons. The minimum Gasteiger partial charge on any atom is -0.310 e. The normalized spacial score (nSPS) is 20.6. The lowest BCUT2D eigenvalue weighted by atomic mass is 10.2. The predicted octanol–water partition coefficient (Wildman–Crippen LogP) is 2.79. The van der Waals surface area contributed by atoms with Crippen molar-refractivity contribution in [2.24, 2.45) is 5.92 Å². The molecule has 1 aliphatic heterocycles. The second-order valence-corrected chi connectivity index (χ2v) is 5.06. The van der Waals surface area contributed by atoms with Crippen LogP contribution < -0.4 is 4.90 Å². The van der Waals surface area contributed by atoms with Gasteiger partial charge in [-0.15, -0.1) is 0 Å². The Balaban J connectivity index is 2.28. The largest absolute Gasteiger partial charge is 0.310 e. The van der Waals surface area contributed by atoms with Gasteiger partial charge in [0.2, 0.25) is 5.91 Å². The number of anilines is 1. The van der Waals surface area contributed by atoms with Crippen molar-refractivity contribution >= 4 is 39.1 Å². The second-order valence-electron chi connectivity index (χ2n) is 4.02. The van der Waals surface area contributed by atoms with Gasteiger partial charge in [-0.1, -0.05) is 27.5 Å². The summed E-state index contributed by atoms with van der Waals surface area (Å²) < 4.78 is 0. The SMILES string of the molecule is Cc1cc(Cl)ncc1N1CC(CBr)CC1=O. The van der Waals surface area contributed by atoms with Crippen LogP contribution in [0.1, 0.15) is 12.0 Å². The number of aryl methyl sites for hydroxylation is 1. The molecule has 0 aliphatic carbocycles. The number of amides is 1. The Bertz CT molecular complexity index is 424. The number of aromatic nitrogens is 1. The highest BCUT2D eigenvalue weighted by Gasteiger charge is 2.30. The average molecular weight is 304 g/mol. The van der Waals surface area contributed by atoms with Crippen molar-refractivity contribution < 1.29 is 4.79 Å². The van der Waals surface area contributed by atoms with Crippen LogP contribution in [0.4, 0.5) is 5.69 Å². The third-order valence-corrected chi connectivity index (χ3v) is 3.89. The Morgan fingerprint density at radius 3 is 3.00 bits per heavy atom. The van der Waals surface area contributed by atoms with E-state index in [4.69, 9.17) is 11.6 Å². The Kier molecular flexibility index (Phi) is 3.50. The fourth-order valence-electron chi connectivity index (χ4n) is 1.91. The molecule has 1 aromatic heterocycles. The maximum absolute atomic E-state index is 11.8. The molecule has 1 aromatic rings. The van der Waals surface area contributed by atoms with E-state index in [-0.39, 0.29) is 5.91 Å². The first-order chi connectivity index (χ1) is 7.61. The lowest BCUT2D eigenvalue weighted by Crippen LogP contribution is -2.25. The van der Waals surface area contributed by atoms with E-state index in [1.165, 1.54) is 0 Å². The molecule has 86 valence electrons. The highest BCUT2D eigenvalue weighted by molar-refractivity contribution is 9.09. The number of hydrogen-bond donors (Lipinski definition) is 0. The Labute approximate surface area is 108 Å². The van der Waals surface area contributed by atoms with Crippen LogP contribution in [-0.4, -0.2) is 22.8 Å². The number of hydrogen-bond acceptors (Lipinski definition) is 2. The lowest BCUT2D eigenvalue weighted by molar-refractivity contribution is -0.117. The summed E-state index contributed by atoms with van der Waals surface area (Å²) in [5.41, 5.74) is 1.86. The van der Waals surface area contributed by atoms with Crippen LogP contribution in [-0.2, 0) is 4.79 Å². The molecule has 2 heterocycles. The first-order valence-corrected chi connectivity index (χ1v) is 6.60. The van der Waals surface area contributed by atoms with Crippen LogP contribution in [0.15, 0.2) is 12.3 Å². The average Bonchev–Trinajstić information content (AvgIpc) is 2.60. The molecule has 16 heavy (non-hydrogen) atoms. The number of pyridine rings is 1. The van der Waals surface area contributed by atoms with Gasteiger partial charge in [-0.3, -0.25) is 4.79 Å². The zero-order valence-electron chi connectivity index (χ0n) is 8.91. The molecular formula is C11H12BrClN2O. The summed E-state index contributed by atoms with van der Waals surface area (Å²) in [4.78, 5) is 17.7. The number of carbonyl (C=O) groups is 1. The van der Waals surface area contributed by atoms with Gasteiger partial charge in [0.05, 0.1) is 11.9 Å². The summed E-state index contributed by atoms with van der Waals surface area (Å²) in [6, 6.07) is 1.78. The quantitative estimate of drug-likeness (QED) is 0.622. The minimum absolute atomic E-state index is 0.164. The van der Waals surface area contributed by atoms with Crippen LogP contribution in [0.5, 0.6) is 0 Å². The van der Waals surface area contributed by atoms with Crippen molar-refractivity contribution in [1.29, 1.82) is 0 Å². The van der Waals surface area contributed by atoms with Gasteiger partial charge in [-0.2, -0.15) is 0 Å². The summed E-state index contributed by atoms with van der Waals surface area (Å²) in [6.07, 6.45) is 2.28. The van der Waals surface area contributed by atoms with Crippen LogP contribution in [0, 0.1) is 12.8 Å². The van der Waals surface area contributed by atoms with E-state index < -0.39 is 0 Å². The van der Waals surface area contributed by atoms with Gasteiger partial charge in [0.25, 0.3) is 0 Å². The molecule has 1 amide bonds. The summed E-state index contributed by atoms with van der Waals surface area (Å²) in [7, 11) is 0. The van der Waals surface area contributed by atoms with Gasteiger partial charge in [0.15, 0.2) is 0 Å². The topological polar surface area (TPSA) is 33.2 Å². The smallest absolute Gasteiger partial charge is 0.227 e. The molecule has 5 heteroatoms. The highest BCUT2D eigenvalue weighted by Crippen LogP contribution is 2.28. The summed E-state index contributed by atoms with van der Waals surface area (Å²) in [5.74, 6) is 0.555. The maximum Gasteiger partial charge on any atom is 0.227 e. The van der Waals surface area contributed by atoms with Gasteiger partial charge < -0.3 is 4.90 Å². The monoisotopic (exact) mass is 302 g/mol. The molecule has 0 saturated carbocycles. The van der Waals surface area contributed by atoms with Crippen LogP contribution in [0.25, 0.3) is 0 Å². The molecular weight excluding hydrogens is 291 g/mol. The Hall–Kier alpha value is -0.610. The zero-order valence-corrected chi connectivity index (χ0v) is 11.3. The molecule has 1 unspecified atom stereocenters. The maximum atomic E-state index is 11.8. The molecule has 1 atom stereocenters. The number of alkyl halides is 1. The first-order valence-electron chi connectivity index (χ1n) is 5.10. The standard InChI is InChI=1S/C11H12BrClN2O/c1-7-2-10(13)14-5-9(7)15-6-8(4-12)3-11(15)16/h2,5,8H,3-4,6H2,1H3. The van der Waals surface area contributed by atoms with E-state index in [0.29, 0.717) is 17.5 Å². The van der Waals surface area contributed by atoms with Crippen LogP contribution in [0.3, 0.4) is 0 Å². The number of carbonyl (C=O) groups excluding carboxylic acids is 1. The van der Waals surface area contributed by atoms with Crippen molar-refractivity contribution in [3.05, 3.63) is 23.0 Å². The fourth-order valence-corrected chi connectivity index (χ4v) is 2.56. The van der Waals surface area contributed by atoms with Gasteiger partial charge in [-0.05, 0) is 24.5 Å². The van der Waals surface area contributed by atoms with E-state index in [9.17, 15) is 4.79 Å².